The molecule has 0 saturated heterocycles. The topological polar surface area (TPSA) is 76.5 Å². The standard InChI is InChI=1S/C26H29ClN4O3/c1-17-4-11-22(14-18(17)2)31-15-23(19-7-9-21(27)10-8-19)28-26(31)29-24(32)16-30(12-13-34-3)25(33)20-5-6-20/h4,7-11,14-15,20H,5-6,12-13,16H2,1-3H3,(H,28,29,32). The zero-order valence-electron chi connectivity index (χ0n) is 19.7. The minimum Gasteiger partial charge on any atom is -0.383 e. The largest absolute Gasteiger partial charge is 0.383 e. The molecule has 178 valence electrons. The van der Waals surface area contributed by atoms with Gasteiger partial charge in [0, 0.05) is 42.0 Å². The van der Waals surface area contributed by atoms with Crippen LogP contribution in [0.2, 0.25) is 5.02 Å². The predicted molar refractivity (Wildman–Crippen MR) is 133 cm³/mol. The summed E-state index contributed by atoms with van der Waals surface area (Å²) in [5.41, 5.74) is 4.79. The molecule has 1 N–H and O–H groups in total. The van der Waals surface area contributed by atoms with Gasteiger partial charge in [0.1, 0.15) is 6.54 Å². The van der Waals surface area contributed by atoms with Crippen molar-refractivity contribution in [1.29, 1.82) is 0 Å². The second-order valence-electron chi connectivity index (χ2n) is 8.67. The van der Waals surface area contributed by atoms with Crippen LogP contribution in [0.4, 0.5) is 5.95 Å². The summed E-state index contributed by atoms with van der Waals surface area (Å²) >= 11 is 6.05. The fraction of sp³-hybridized carbons (Fsp3) is 0.346. The number of benzene rings is 2. The lowest BCUT2D eigenvalue weighted by molar-refractivity contribution is -0.136. The van der Waals surface area contributed by atoms with Gasteiger partial charge in [-0.25, -0.2) is 4.98 Å². The van der Waals surface area contributed by atoms with E-state index in [-0.39, 0.29) is 24.3 Å². The lowest BCUT2D eigenvalue weighted by Gasteiger charge is -2.21. The Morgan fingerprint density at radius 2 is 1.88 bits per heavy atom. The number of imidazole rings is 1. The first-order chi connectivity index (χ1) is 16.4. The molecule has 1 aliphatic rings. The first-order valence-corrected chi connectivity index (χ1v) is 11.7. The number of nitrogens with one attached hydrogen (secondary N) is 1. The third kappa shape index (κ3) is 5.66. The molecule has 2 aromatic carbocycles. The van der Waals surface area contributed by atoms with Crippen molar-refractivity contribution < 1.29 is 14.3 Å². The van der Waals surface area contributed by atoms with Crippen LogP contribution in [-0.4, -0.2) is 53.1 Å². The highest BCUT2D eigenvalue weighted by molar-refractivity contribution is 6.30. The molecule has 1 fully saturated rings. The van der Waals surface area contributed by atoms with Gasteiger partial charge < -0.3 is 9.64 Å². The number of ether oxygens (including phenoxy) is 1. The third-order valence-electron chi connectivity index (χ3n) is 6.00. The maximum atomic E-state index is 13.0. The lowest BCUT2D eigenvalue weighted by Crippen LogP contribution is -2.41. The van der Waals surface area contributed by atoms with E-state index >= 15 is 0 Å². The van der Waals surface area contributed by atoms with Gasteiger partial charge in [-0.05, 0) is 62.1 Å². The highest BCUT2D eigenvalue weighted by Gasteiger charge is 2.34. The van der Waals surface area contributed by atoms with Gasteiger partial charge in [-0.2, -0.15) is 0 Å². The van der Waals surface area contributed by atoms with Crippen LogP contribution in [0.15, 0.2) is 48.7 Å². The molecule has 1 aliphatic carbocycles. The molecule has 3 aromatic rings. The summed E-state index contributed by atoms with van der Waals surface area (Å²) in [4.78, 5) is 31.9. The molecule has 0 radical (unpaired) electrons. The molecule has 1 aromatic heterocycles. The Balaban J connectivity index is 1.62. The number of nitrogens with zero attached hydrogens (tertiary/aromatic N) is 3. The lowest BCUT2D eigenvalue weighted by atomic mass is 10.1. The SMILES string of the molecule is COCCN(CC(=O)Nc1nc(-c2ccc(Cl)cc2)cn1-c1ccc(C)c(C)c1)C(=O)C1CC1. The van der Waals surface area contributed by atoms with Crippen LogP contribution < -0.4 is 5.32 Å². The van der Waals surface area contributed by atoms with Crippen molar-refractivity contribution in [2.24, 2.45) is 5.92 Å². The van der Waals surface area contributed by atoms with Crippen LogP contribution in [0.3, 0.4) is 0 Å². The van der Waals surface area contributed by atoms with Gasteiger partial charge in [0.15, 0.2) is 0 Å². The van der Waals surface area contributed by atoms with Gasteiger partial charge in [0.05, 0.1) is 12.3 Å². The minimum atomic E-state index is -0.302. The highest BCUT2D eigenvalue weighted by atomic mass is 35.5. The predicted octanol–water partition coefficient (Wildman–Crippen LogP) is 4.63. The van der Waals surface area contributed by atoms with Gasteiger partial charge in [0.2, 0.25) is 17.8 Å². The van der Waals surface area contributed by atoms with Gasteiger partial charge in [-0.15, -0.1) is 0 Å². The van der Waals surface area contributed by atoms with Crippen LogP contribution in [0, 0.1) is 19.8 Å². The van der Waals surface area contributed by atoms with Crippen molar-refractivity contribution in [3.8, 4) is 16.9 Å². The Bertz CT molecular complexity index is 1190. The van der Waals surface area contributed by atoms with E-state index in [2.05, 4.69) is 18.3 Å². The molecule has 7 nitrogen and oxygen atoms in total. The number of carbonyl (C=O) groups is 2. The van der Waals surface area contributed by atoms with Crippen LogP contribution in [-0.2, 0) is 14.3 Å². The second kappa shape index (κ2) is 10.4. The van der Waals surface area contributed by atoms with Crippen molar-refractivity contribution in [3.63, 3.8) is 0 Å². The van der Waals surface area contributed by atoms with Crippen LogP contribution >= 0.6 is 11.6 Å². The quantitative estimate of drug-likeness (QED) is 0.484. The third-order valence-corrected chi connectivity index (χ3v) is 6.26. The molecule has 8 heteroatoms. The fourth-order valence-electron chi connectivity index (χ4n) is 3.70. The average Bonchev–Trinajstić information content (AvgIpc) is 3.59. The number of halogens is 1. The molecule has 0 atom stereocenters. The Hall–Kier alpha value is -3.16. The smallest absolute Gasteiger partial charge is 0.246 e. The second-order valence-corrected chi connectivity index (χ2v) is 9.11. The molecule has 34 heavy (non-hydrogen) atoms. The molecule has 4 rings (SSSR count). The Labute approximate surface area is 204 Å². The number of carbonyl (C=O) groups excluding carboxylic acids is 2. The summed E-state index contributed by atoms with van der Waals surface area (Å²) in [6.07, 6.45) is 3.65. The van der Waals surface area contributed by atoms with Gasteiger partial charge in [-0.1, -0.05) is 29.8 Å². The zero-order valence-corrected chi connectivity index (χ0v) is 20.4. The van der Waals surface area contributed by atoms with E-state index in [0.29, 0.717) is 29.8 Å². The maximum absolute atomic E-state index is 13.0. The fourth-order valence-corrected chi connectivity index (χ4v) is 3.82. The number of rotatable bonds is 9. The van der Waals surface area contributed by atoms with Crippen molar-refractivity contribution in [1.82, 2.24) is 14.5 Å². The van der Waals surface area contributed by atoms with E-state index < -0.39 is 0 Å². The van der Waals surface area contributed by atoms with E-state index in [1.165, 1.54) is 5.56 Å². The number of methoxy groups -OCH3 is 1. The Morgan fingerprint density at radius 1 is 1.15 bits per heavy atom. The number of anilines is 1. The minimum absolute atomic E-state index is 0.00607. The molecule has 1 heterocycles. The van der Waals surface area contributed by atoms with Gasteiger partial charge in [-0.3, -0.25) is 19.5 Å². The summed E-state index contributed by atoms with van der Waals surface area (Å²) in [5.74, 6) is 0.123. The molecule has 0 bridgehead atoms. The Morgan fingerprint density at radius 3 is 2.53 bits per heavy atom. The van der Waals surface area contributed by atoms with Gasteiger partial charge in [0.25, 0.3) is 0 Å². The van der Waals surface area contributed by atoms with Crippen molar-refractivity contribution in [2.75, 3.05) is 32.1 Å². The average molecular weight is 481 g/mol. The molecular weight excluding hydrogens is 452 g/mol. The first-order valence-electron chi connectivity index (χ1n) is 11.4. The number of hydrogen-bond acceptors (Lipinski definition) is 4. The molecule has 2 amide bonds. The van der Waals surface area contributed by atoms with Crippen LogP contribution in [0.5, 0.6) is 0 Å². The van der Waals surface area contributed by atoms with Gasteiger partial charge >= 0.3 is 0 Å². The highest BCUT2D eigenvalue weighted by Crippen LogP contribution is 2.31. The molecule has 0 aliphatic heterocycles. The normalized spacial score (nSPS) is 13.1. The van der Waals surface area contributed by atoms with E-state index in [4.69, 9.17) is 21.3 Å². The van der Waals surface area contributed by atoms with Crippen LogP contribution in [0.25, 0.3) is 16.9 Å². The monoisotopic (exact) mass is 480 g/mol. The summed E-state index contributed by atoms with van der Waals surface area (Å²) < 4.78 is 6.99. The van der Waals surface area contributed by atoms with Crippen LogP contribution in [0.1, 0.15) is 24.0 Å². The molecule has 0 unspecified atom stereocenters. The van der Waals surface area contributed by atoms with E-state index in [9.17, 15) is 9.59 Å². The van der Waals surface area contributed by atoms with E-state index in [0.717, 1.165) is 29.7 Å². The van der Waals surface area contributed by atoms with E-state index in [1.807, 2.05) is 42.0 Å². The summed E-state index contributed by atoms with van der Waals surface area (Å²) in [6, 6.07) is 13.5. The summed E-state index contributed by atoms with van der Waals surface area (Å²) in [7, 11) is 1.58. The summed E-state index contributed by atoms with van der Waals surface area (Å²) in [5, 5.41) is 3.56. The summed E-state index contributed by atoms with van der Waals surface area (Å²) in [6.45, 7) is 4.81. The number of amides is 2. The Kier molecular flexibility index (Phi) is 7.34. The first kappa shape index (κ1) is 24.0. The van der Waals surface area contributed by atoms with E-state index in [1.54, 1.807) is 24.1 Å². The molecule has 1 saturated carbocycles. The number of hydrogen-bond donors (Lipinski definition) is 1. The number of aryl methyl sites for hydroxylation is 2. The molecule has 0 spiro atoms. The zero-order chi connectivity index (χ0) is 24.2. The van der Waals surface area contributed by atoms with Crippen molar-refractivity contribution in [3.05, 3.63) is 64.8 Å². The van der Waals surface area contributed by atoms with Crippen molar-refractivity contribution in [2.45, 2.75) is 26.7 Å². The molecular formula is C26H29ClN4O3. The number of aromatic nitrogens is 2. The maximum Gasteiger partial charge on any atom is 0.246 e. The van der Waals surface area contributed by atoms with Crippen molar-refractivity contribution >= 4 is 29.4 Å².